The van der Waals surface area contributed by atoms with Gasteiger partial charge < -0.3 is 4.52 Å². The fourth-order valence-corrected chi connectivity index (χ4v) is 2.48. The average Bonchev–Trinajstić information content (AvgIpc) is 2.99. The zero-order valence-electron chi connectivity index (χ0n) is 10.8. The van der Waals surface area contributed by atoms with Crippen molar-refractivity contribution in [1.29, 1.82) is 0 Å². The molecule has 0 unspecified atom stereocenters. The fourth-order valence-electron chi connectivity index (χ4n) is 1.51. The van der Waals surface area contributed by atoms with Gasteiger partial charge >= 0.3 is 0 Å². The molecule has 0 atom stereocenters. The highest BCUT2D eigenvalue weighted by Gasteiger charge is 2.16. The predicted octanol–water partition coefficient (Wildman–Crippen LogP) is 0.973. The number of rotatable bonds is 6. The molecule has 0 saturated heterocycles. The minimum absolute atomic E-state index is 0.126. The summed E-state index contributed by atoms with van der Waals surface area (Å²) in [6.07, 6.45) is 6.45. The summed E-state index contributed by atoms with van der Waals surface area (Å²) in [6.45, 7) is 4.15. The molecule has 2 aromatic heterocycles. The molecule has 0 aromatic carbocycles. The summed E-state index contributed by atoms with van der Waals surface area (Å²) in [4.78, 5) is 0.173. The summed E-state index contributed by atoms with van der Waals surface area (Å²) in [5, 5.41) is 7.57. The highest BCUT2D eigenvalue weighted by molar-refractivity contribution is 7.89. The van der Waals surface area contributed by atoms with Gasteiger partial charge in [-0.1, -0.05) is 5.16 Å². The number of aromatic nitrogens is 3. The maximum absolute atomic E-state index is 12.0. The molecule has 0 bridgehead atoms. The van der Waals surface area contributed by atoms with Crippen LogP contribution in [0.25, 0.3) is 0 Å². The van der Waals surface area contributed by atoms with Gasteiger partial charge in [-0.3, -0.25) is 4.68 Å². The number of sulfonamides is 1. The lowest BCUT2D eigenvalue weighted by Crippen LogP contribution is -2.25. The van der Waals surface area contributed by atoms with Crippen molar-refractivity contribution in [2.75, 3.05) is 6.54 Å². The van der Waals surface area contributed by atoms with E-state index in [4.69, 9.17) is 0 Å². The van der Waals surface area contributed by atoms with Crippen molar-refractivity contribution in [2.45, 2.75) is 31.2 Å². The van der Waals surface area contributed by atoms with E-state index in [0.717, 1.165) is 5.56 Å². The Labute approximate surface area is 111 Å². The quantitative estimate of drug-likeness (QED) is 0.853. The summed E-state index contributed by atoms with van der Waals surface area (Å²) < 4.78 is 32.8. The van der Waals surface area contributed by atoms with Crippen molar-refractivity contribution < 1.29 is 12.9 Å². The molecule has 0 fully saturated rings. The Morgan fingerprint density at radius 3 is 2.79 bits per heavy atom. The number of nitrogens with zero attached hydrogens (tertiary/aromatic N) is 3. The van der Waals surface area contributed by atoms with Crippen LogP contribution < -0.4 is 4.72 Å². The van der Waals surface area contributed by atoms with E-state index in [1.807, 2.05) is 13.8 Å². The molecule has 2 rings (SSSR count). The van der Waals surface area contributed by atoms with Crippen LogP contribution in [0.3, 0.4) is 0 Å². The number of hydrogen-bond donors (Lipinski definition) is 1. The first-order chi connectivity index (χ1) is 8.99. The molecule has 0 saturated carbocycles. The Morgan fingerprint density at radius 1 is 1.42 bits per heavy atom. The van der Waals surface area contributed by atoms with Crippen LogP contribution in [-0.4, -0.2) is 29.9 Å². The first kappa shape index (κ1) is 13.8. The van der Waals surface area contributed by atoms with Gasteiger partial charge in [0, 0.05) is 24.3 Å². The van der Waals surface area contributed by atoms with E-state index >= 15 is 0 Å². The first-order valence-corrected chi connectivity index (χ1v) is 7.39. The molecule has 0 spiro atoms. The van der Waals surface area contributed by atoms with Crippen molar-refractivity contribution in [2.24, 2.45) is 0 Å². The lowest BCUT2D eigenvalue weighted by Gasteiger charge is -2.04. The van der Waals surface area contributed by atoms with Crippen LogP contribution >= 0.6 is 0 Å². The van der Waals surface area contributed by atoms with Gasteiger partial charge in [0.1, 0.15) is 11.2 Å². The van der Waals surface area contributed by atoms with E-state index in [0.29, 0.717) is 6.42 Å². The minimum Gasteiger partial charge on any atom is -0.364 e. The smallest absolute Gasteiger partial charge is 0.243 e. The second-order valence-electron chi connectivity index (χ2n) is 4.43. The van der Waals surface area contributed by atoms with Crippen molar-refractivity contribution in [3.05, 3.63) is 30.4 Å². The third-order valence-electron chi connectivity index (χ3n) is 2.61. The Bertz CT molecular complexity index is 616. The van der Waals surface area contributed by atoms with E-state index < -0.39 is 10.0 Å². The van der Waals surface area contributed by atoms with Gasteiger partial charge in [-0.25, -0.2) is 13.1 Å². The van der Waals surface area contributed by atoms with Gasteiger partial charge in [0.25, 0.3) is 0 Å². The zero-order chi connectivity index (χ0) is 13.9. The topological polar surface area (TPSA) is 90.0 Å². The predicted molar refractivity (Wildman–Crippen MR) is 68.0 cm³/mol. The highest BCUT2D eigenvalue weighted by Crippen LogP contribution is 2.10. The Balaban J connectivity index is 1.97. The zero-order valence-corrected chi connectivity index (χ0v) is 11.6. The van der Waals surface area contributed by atoms with Crippen LogP contribution in [0.5, 0.6) is 0 Å². The Hall–Kier alpha value is -1.67. The van der Waals surface area contributed by atoms with Crippen LogP contribution in [0, 0.1) is 0 Å². The summed E-state index contributed by atoms with van der Waals surface area (Å²) in [5.41, 5.74) is 0.848. The molecule has 0 aliphatic carbocycles. The van der Waals surface area contributed by atoms with Gasteiger partial charge in [-0.05, 0) is 20.3 Å². The Kier molecular flexibility index (Phi) is 4.01. The summed E-state index contributed by atoms with van der Waals surface area (Å²) in [7, 11) is -3.51. The van der Waals surface area contributed by atoms with Gasteiger partial charge in [-0.15, -0.1) is 0 Å². The lowest BCUT2D eigenvalue weighted by atomic mass is 10.3. The second kappa shape index (κ2) is 5.54. The molecule has 0 aliphatic heterocycles. The van der Waals surface area contributed by atoms with Crippen molar-refractivity contribution in [1.82, 2.24) is 19.7 Å². The van der Waals surface area contributed by atoms with Crippen molar-refractivity contribution >= 4 is 10.0 Å². The third kappa shape index (κ3) is 3.42. The molecule has 2 heterocycles. The molecule has 2 aromatic rings. The summed E-state index contributed by atoms with van der Waals surface area (Å²) in [5.74, 6) is 0. The van der Waals surface area contributed by atoms with E-state index in [1.165, 1.54) is 18.7 Å². The average molecular weight is 284 g/mol. The van der Waals surface area contributed by atoms with Crippen molar-refractivity contribution in [3.63, 3.8) is 0 Å². The minimum atomic E-state index is -3.51. The van der Waals surface area contributed by atoms with Gasteiger partial charge in [0.05, 0.1) is 12.4 Å². The maximum atomic E-state index is 12.0. The molecular weight excluding hydrogens is 268 g/mol. The van der Waals surface area contributed by atoms with Crippen LogP contribution in [-0.2, 0) is 16.4 Å². The summed E-state index contributed by atoms with van der Waals surface area (Å²) in [6, 6.07) is 0.126. The molecule has 19 heavy (non-hydrogen) atoms. The first-order valence-electron chi connectivity index (χ1n) is 5.91. The highest BCUT2D eigenvalue weighted by atomic mass is 32.2. The largest absolute Gasteiger partial charge is 0.364 e. The van der Waals surface area contributed by atoms with Crippen LogP contribution in [0.2, 0.25) is 0 Å². The normalized spacial score (nSPS) is 12.2. The van der Waals surface area contributed by atoms with Crippen LogP contribution in [0.15, 0.2) is 34.3 Å². The molecule has 1 N–H and O–H groups in total. The molecule has 0 radical (unpaired) electrons. The number of nitrogens with one attached hydrogen (secondary N) is 1. The fraction of sp³-hybridized carbons (Fsp3) is 0.455. The standard InChI is InChI=1S/C11H16N4O3S/c1-9(2)15-7-11(6-12-15)19(16,17)14-4-3-10-5-13-18-8-10/h5-9,14H,3-4H2,1-2H3. The van der Waals surface area contributed by atoms with E-state index in [9.17, 15) is 8.42 Å². The SMILES string of the molecule is CC(C)n1cc(S(=O)(=O)NCCc2cnoc2)cn1. The summed E-state index contributed by atoms with van der Waals surface area (Å²) >= 11 is 0. The molecule has 8 heteroatoms. The lowest BCUT2D eigenvalue weighted by molar-refractivity contribution is 0.419. The second-order valence-corrected chi connectivity index (χ2v) is 6.20. The van der Waals surface area contributed by atoms with E-state index in [2.05, 4.69) is 19.5 Å². The van der Waals surface area contributed by atoms with Gasteiger partial charge in [0.15, 0.2) is 0 Å². The van der Waals surface area contributed by atoms with E-state index in [-0.39, 0.29) is 17.5 Å². The van der Waals surface area contributed by atoms with Crippen LogP contribution in [0.4, 0.5) is 0 Å². The van der Waals surface area contributed by atoms with Gasteiger partial charge in [-0.2, -0.15) is 5.10 Å². The third-order valence-corrected chi connectivity index (χ3v) is 4.02. The van der Waals surface area contributed by atoms with E-state index in [1.54, 1.807) is 10.9 Å². The van der Waals surface area contributed by atoms with Crippen LogP contribution in [0.1, 0.15) is 25.5 Å². The molecule has 0 aliphatic rings. The Morgan fingerprint density at radius 2 is 2.21 bits per heavy atom. The number of hydrogen-bond acceptors (Lipinski definition) is 5. The molecular formula is C11H16N4O3S. The molecule has 104 valence electrons. The molecule has 7 nitrogen and oxygen atoms in total. The van der Waals surface area contributed by atoms with Gasteiger partial charge in [0.2, 0.25) is 10.0 Å². The van der Waals surface area contributed by atoms with Crippen molar-refractivity contribution in [3.8, 4) is 0 Å². The molecule has 0 amide bonds. The maximum Gasteiger partial charge on any atom is 0.243 e. The monoisotopic (exact) mass is 284 g/mol.